The molecule has 2 N–H and O–H groups in total. The topological polar surface area (TPSA) is 92.5 Å². The molecule has 0 spiro atoms. The van der Waals surface area contributed by atoms with Crippen LogP contribution in [0.2, 0.25) is 0 Å². The van der Waals surface area contributed by atoms with Crippen molar-refractivity contribution in [3.05, 3.63) is 39.9 Å². The Hall–Kier alpha value is -1.95. The standard InChI is InChI=1S/C16H22N2O4/c19-15(13-4-2-1-3-5-13)11-17-16(20)10-12-6-8-14(9-7-12)18(21)22/h6-9,13,15,19H,1-5,10-11H2,(H,17,20). The Morgan fingerprint density at radius 3 is 2.50 bits per heavy atom. The molecule has 22 heavy (non-hydrogen) atoms. The quantitative estimate of drug-likeness (QED) is 0.622. The molecule has 1 aliphatic rings. The molecule has 0 radical (unpaired) electrons. The van der Waals surface area contributed by atoms with Crippen molar-refractivity contribution in [2.75, 3.05) is 6.54 Å². The molecule has 1 fully saturated rings. The fraction of sp³-hybridized carbons (Fsp3) is 0.562. The molecule has 1 aromatic carbocycles. The third-order valence-electron chi connectivity index (χ3n) is 4.21. The summed E-state index contributed by atoms with van der Waals surface area (Å²) >= 11 is 0. The molecule has 1 aliphatic carbocycles. The minimum absolute atomic E-state index is 0.0110. The van der Waals surface area contributed by atoms with Crippen LogP contribution < -0.4 is 5.32 Å². The molecule has 6 nitrogen and oxygen atoms in total. The number of aliphatic hydroxyl groups excluding tert-OH is 1. The number of rotatable bonds is 6. The maximum atomic E-state index is 11.9. The summed E-state index contributed by atoms with van der Waals surface area (Å²) in [5.41, 5.74) is 0.729. The van der Waals surface area contributed by atoms with E-state index in [4.69, 9.17) is 0 Å². The van der Waals surface area contributed by atoms with E-state index in [1.54, 1.807) is 12.1 Å². The Morgan fingerprint density at radius 2 is 1.91 bits per heavy atom. The Labute approximate surface area is 129 Å². The van der Waals surface area contributed by atoms with Gasteiger partial charge in [0.25, 0.3) is 5.69 Å². The first-order valence-corrected chi connectivity index (χ1v) is 7.74. The number of carbonyl (C=O) groups is 1. The Bertz CT molecular complexity index is 509. The molecule has 1 saturated carbocycles. The average Bonchev–Trinajstić information content (AvgIpc) is 2.54. The van der Waals surface area contributed by atoms with E-state index in [0.29, 0.717) is 0 Å². The number of nitrogens with zero attached hydrogens (tertiary/aromatic N) is 1. The molecule has 1 amide bonds. The van der Waals surface area contributed by atoms with Crippen molar-refractivity contribution in [1.82, 2.24) is 5.32 Å². The molecule has 1 atom stereocenters. The molecule has 0 saturated heterocycles. The SMILES string of the molecule is O=C(Cc1ccc([N+](=O)[O-])cc1)NCC(O)C1CCCCC1. The number of aliphatic hydroxyl groups is 1. The van der Waals surface area contributed by atoms with Crippen LogP contribution in [-0.2, 0) is 11.2 Å². The monoisotopic (exact) mass is 306 g/mol. The van der Waals surface area contributed by atoms with Crippen LogP contribution in [0.3, 0.4) is 0 Å². The van der Waals surface area contributed by atoms with Crippen molar-refractivity contribution in [1.29, 1.82) is 0 Å². The minimum atomic E-state index is -0.485. The second-order valence-corrected chi connectivity index (χ2v) is 5.87. The Balaban J connectivity index is 1.76. The summed E-state index contributed by atoms with van der Waals surface area (Å²) in [5, 5.41) is 23.4. The summed E-state index contributed by atoms with van der Waals surface area (Å²) in [7, 11) is 0. The first-order valence-electron chi connectivity index (χ1n) is 7.74. The summed E-state index contributed by atoms with van der Waals surface area (Å²) in [6.45, 7) is 0.274. The van der Waals surface area contributed by atoms with Crippen LogP contribution in [0.25, 0.3) is 0 Å². The first kappa shape index (κ1) is 16.4. The largest absolute Gasteiger partial charge is 0.391 e. The van der Waals surface area contributed by atoms with Crippen LogP contribution in [0, 0.1) is 16.0 Å². The third-order valence-corrected chi connectivity index (χ3v) is 4.21. The number of hydrogen-bond acceptors (Lipinski definition) is 4. The number of carbonyl (C=O) groups excluding carboxylic acids is 1. The normalized spacial score (nSPS) is 17.0. The number of nitrogens with one attached hydrogen (secondary N) is 1. The molecule has 6 heteroatoms. The molecule has 120 valence electrons. The molecule has 2 rings (SSSR count). The van der Waals surface area contributed by atoms with Gasteiger partial charge in [-0.15, -0.1) is 0 Å². The van der Waals surface area contributed by atoms with Crippen LogP contribution in [0.1, 0.15) is 37.7 Å². The molecular formula is C16H22N2O4. The molecule has 0 aliphatic heterocycles. The maximum absolute atomic E-state index is 11.9. The molecular weight excluding hydrogens is 284 g/mol. The fourth-order valence-corrected chi connectivity index (χ4v) is 2.89. The van der Waals surface area contributed by atoms with E-state index in [-0.39, 0.29) is 30.5 Å². The van der Waals surface area contributed by atoms with Gasteiger partial charge in [-0.05, 0) is 24.3 Å². The van der Waals surface area contributed by atoms with Crippen LogP contribution in [-0.4, -0.2) is 28.6 Å². The highest BCUT2D eigenvalue weighted by molar-refractivity contribution is 5.78. The van der Waals surface area contributed by atoms with E-state index < -0.39 is 11.0 Å². The lowest BCUT2D eigenvalue weighted by Gasteiger charge is -2.26. The second-order valence-electron chi connectivity index (χ2n) is 5.87. The van der Waals surface area contributed by atoms with E-state index in [2.05, 4.69) is 5.32 Å². The Kier molecular flexibility index (Phi) is 5.89. The van der Waals surface area contributed by atoms with Gasteiger partial charge in [0.15, 0.2) is 0 Å². The summed E-state index contributed by atoms with van der Waals surface area (Å²) in [6, 6.07) is 5.93. The van der Waals surface area contributed by atoms with Crippen LogP contribution in [0.5, 0.6) is 0 Å². The zero-order valence-electron chi connectivity index (χ0n) is 12.5. The average molecular weight is 306 g/mol. The van der Waals surface area contributed by atoms with Gasteiger partial charge in [-0.2, -0.15) is 0 Å². The molecule has 1 unspecified atom stereocenters. The highest BCUT2D eigenvalue weighted by Gasteiger charge is 2.21. The lowest BCUT2D eigenvalue weighted by Crippen LogP contribution is -2.37. The zero-order chi connectivity index (χ0) is 15.9. The van der Waals surface area contributed by atoms with Crippen molar-refractivity contribution in [2.24, 2.45) is 5.92 Å². The van der Waals surface area contributed by atoms with E-state index >= 15 is 0 Å². The number of hydrogen-bond donors (Lipinski definition) is 2. The first-order chi connectivity index (χ1) is 10.6. The maximum Gasteiger partial charge on any atom is 0.269 e. The van der Waals surface area contributed by atoms with Crippen molar-refractivity contribution < 1.29 is 14.8 Å². The number of non-ortho nitro benzene ring substituents is 1. The second kappa shape index (κ2) is 7.89. The fourth-order valence-electron chi connectivity index (χ4n) is 2.89. The van der Waals surface area contributed by atoms with E-state index in [1.807, 2.05) is 0 Å². The minimum Gasteiger partial charge on any atom is -0.391 e. The summed E-state index contributed by atoms with van der Waals surface area (Å²) in [4.78, 5) is 22.0. The lowest BCUT2D eigenvalue weighted by atomic mass is 9.85. The van der Waals surface area contributed by atoms with Gasteiger partial charge < -0.3 is 10.4 Å². The summed E-state index contributed by atoms with van der Waals surface area (Å²) in [5.74, 6) is 0.108. The van der Waals surface area contributed by atoms with Gasteiger partial charge in [0.2, 0.25) is 5.91 Å². The number of amides is 1. The van der Waals surface area contributed by atoms with Crippen LogP contribution in [0.4, 0.5) is 5.69 Å². The van der Waals surface area contributed by atoms with Gasteiger partial charge in [0, 0.05) is 18.7 Å². The lowest BCUT2D eigenvalue weighted by molar-refractivity contribution is -0.384. The summed E-state index contributed by atoms with van der Waals surface area (Å²) in [6.07, 6.45) is 5.27. The van der Waals surface area contributed by atoms with Gasteiger partial charge in [-0.25, -0.2) is 0 Å². The van der Waals surface area contributed by atoms with E-state index in [0.717, 1.165) is 31.2 Å². The number of nitro benzene ring substituents is 1. The van der Waals surface area contributed by atoms with E-state index in [9.17, 15) is 20.0 Å². The van der Waals surface area contributed by atoms with Gasteiger partial charge in [-0.3, -0.25) is 14.9 Å². The molecule has 0 aromatic heterocycles. The zero-order valence-corrected chi connectivity index (χ0v) is 12.5. The van der Waals surface area contributed by atoms with Gasteiger partial charge in [0.1, 0.15) is 0 Å². The van der Waals surface area contributed by atoms with Crippen molar-refractivity contribution in [3.63, 3.8) is 0 Å². The summed E-state index contributed by atoms with van der Waals surface area (Å²) < 4.78 is 0. The van der Waals surface area contributed by atoms with Gasteiger partial charge >= 0.3 is 0 Å². The number of nitro groups is 1. The highest BCUT2D eigenvalue weighted by atomic mass is 16.6. The smallest absolute Gasteiger partial charge is 0.269 e. The highest BCUT2D eigenvalue weighted by Crippen LogP contribution is 2.26. The third kappa shape index (κ3) is 4.80. The predicted octanol–water partition coefficient (Wildman–Crippen LogP) is 2.19. The van der Waals surface area contributed by atoms with Crippen molar-refractivity contribution in [3.8, 4) is 0 Å². The number of benzene rings is 1. The van der Waals surface area contributed by atoms with Crippen LogP contribution >= 0.6 is 0 Å². The molecule has 0 heterocycles. The van der Waals surface area contributed by atoms with E-state index in [1.165, 1.54) is 18.6 Å². The van der Waals surface area contributed by atoms with Gasteiger partial charge in [-0.1, -0.05) is 31.4 Å². The molecule has 0 bridgehead atoms. The predicted molar refractivity (Wildman–Crippen MR) is 82.4 cm³/mol. The van der Waals surface area contributed by atoms with Crippen LogP contribution in [0.15, 0.2) is 24.3 Å². The van der Waals surface area contributed by atoms with Gasteiger partial charge in [0.05, 0.1) is 17.4 Å². The Morgan fingerprint density at radius 1 is 1.27 bits per heavy atom. The van der Waals surface area contributed by atoms with Crippen molar-refractivity contribution in [2.45, 2.75) is 44.6 Å². The van der Waals surface area contributed by atoms with Crippen molar-refractivity contribution >= 4 is 11.6 Å². The molecule has 1 aromatic rings.